The van der Waals surface area contributed by atoms with Gasteiger partial charge in [0.05, 0.1) is 18.1 Å². The van der Waals surface area contributed by atoms with Gasteiger partial charge in [0.1, 0.15) is 0 Å². The number of hydrogen-bond donors (Lipinski definition) is 3. The van der Waals surface area contributed by atoms with E-state index in [9.17, 15) is 31.1 Å². The van der Waals surface area contributed by atoms with Gasteiger partial charge in [0, 0.05) is 37.4 Å². The highest BCUT2D eigenvalue weighted by atomic mass is 19.4. The molecule has 1 fully saturated rings. The number of fused-ring (bicyclic) bond motifs is 1. The van der Waals surface area contributed by atoms with Gasteiger partial charge in [-0.25, -0.2) is 14.6 Å². The van der Waals surface area contributed by atoms with E-state index in [4.69, 9.17) is 19.8 Å². The van der Waals surface area contributed by atoms with Crippen LogP contribution < -0.4 is 0 Å². The maximum atomic E-state index is 13.8. The summed E-state index contributed by atoms with van der Waals surface area (Å²) in [6, 6.07) is 23.5. The van der Waals surface area contributed by atoms with E-state index in [2.05, 4.69) is 76.1 Å². The second-order valence-corrected chi connectivity index (χ2v) is 11.6. The van der Waals surface area contributed by atoms with Crippen molar-refractivity contribution in [1.29, 1.82) is 0 Å². The third kappa shape index (κ3) is 11.3. The number of aliphatic carboxylic acids is 2. The number of piperazine rings is 1. The summed E-state index contributed by atoms with van der Waals surface area (Å²) in [4.78, 5) is 44.0. The van der Waals surface area contributed by atoms with Gasteiger partial charge in [0.15, 0.2) is 0 Å². The molecule has 0 spiro atoms. The van der Waals surface area contributed by atoms with Crippen molar-refractivity contribution in [2.45, 2.75) is 64.0 Å². The molecule has 1 aromatic heterocycles. The zero-order chi connectivity index (χ0) is 37.1. The van der Waals surface area contributed by atoms with E-state index in [-0.39, 0.29) is 11.9 Å². The van der Waals surface area contributed by atoms with Crippen molar-refractivity contribution in [2.24, 2.45) is 0 Å². The van der Waals surface area contributed by atoms with Crippen LogP contribution in [0.1, 0.15) is 59.4 Å². The molecule has 9 nitrogen and oxygen atoms in total. The predicted octanol–water partition coefficient (Wildman–Crippen LogP) is 7.44. The number of carboxylic acid groups (broad SMARTS) is 2. The summed E-state index contributed by atoms with van der Waals surface area (Å²) in [5, 5.41) is 16.4. The Balaban J connectivity index is 0.000000408. The number of aromatic amines is 1. The van der Waals surface area contributed by atoms with E-state index in [0.717, 1.165) is 67.3 Å². The predicted molar refractivity (Wildman–Crippen MR) is 173 cm³/mol. The number of benzene rings is 3. The molecular weight excluding hydrogens is 670 g/mol. The lowest BCUT2D eigenvalue weighted by atomic mass is 9.95. The van der Waals surface area contributed by atoms with Crippen LogP contribution in [0.15, 0.2) is 79.3 Å². The Hall–Kier alpha value is -4.92. The van der Waals surface area contributed by atoms with Crippen LogP contribution in [0.4, 0.5) is 26.3 Å². The quantitative estimate of drug-likeness (QED) is 0.163. The smallest absolute Gasteiger partial charge is 0.475 e. The Bertz CT molecular complexity index is 1680. The van der Waals surface area contributed by atoms with Crippen LogP contribution in [-0.2, 0) is 16.0 Å². The van der Waals surface area contributed by atoms with E-state index in [1.807, 2.05) is 30.5 Å². The first-order chi connectivity index (χ1) is 23.5. The molecule has 0 radical (unpaired) electrons. The molecule has 15 heteroatoms. The molecule has 5 rings (SSSR count). The zero-order valence-corrected chi connectivity index (χ0v) is 27.3. The number of imidazole rings is 1. The van der Waals surface area contributed by atoms with Crippen LogP contribution in [0, 0.1) is 6.92 Å². The van der Waals surface area contributed by atoms with Crippen molar-refractivity contribution < 1.29 is 50.9 Å². The number of hydrogen-bond acceptors (Lipinski definition) is 5. The van der Waals surface area contributed by atoms with Crippen molar-refractivity contribution in [3.8, 4) is 0 Å². The van der Waals surface area contributed by atoms with Crippen LogP contribution in [0.3, 0.4) is 0 Å². The monoisotopic (exact) mass is 708 g/mol. The minimum Gasteiger partial charge on any atom is -0.475 e. The number of nitrogens with one attached hydrogen (secondary N) is 1. The van der Waals surface area contributed by atoms with E-state index in [0.29, 0.717) is 6.04 Å². The molecule has 3 aromatic carbocycles. The Morgan fingerprint density at radius 1 is 0.920 bits per heavy atom. The summed E-state index contributed by atoms with van der Waals surface area (Å²) in [6.07, 6.45) is -2.13. The van der Waals surface area contributed by atoms with Gasteiger partial charge in [-0.15, -0.1) is 0 Å². The normalized spacial score (nSPS) is 15.7. The van der Waals surface area contributed by atoms with Crippen LogP contribution in [0.25, 0.3) is 10.8 Å². The van der Waals surface area contributed by atoms with Crippen LogP contribution in [0.5, 0.6) is 0 Å². The minimum absolute atomic E-state index is 0.143. The van der Waals surface area contributed by atoms with Crippen molar-refractivity contribution >= 4 is 28.6 Å². The number of rotatable bonds is 8. The topological polar surface area (TPSA) is 127 Å². The molecule has 4 aromatic rings. The van der Waals surface area contributed by atoms with Gasteiger partial charge < -0.3 is 20.1 Å². The fourth-order valence-electron chi connectivity index (χ4n) is 5.66. The van der Waals surface area contributed by atoms with E-state index < -0.39 is 24.3 Å². The molecule has 0 saturated carbocycles. The number of amides is 1. The maximum Gasteiger partial charge on any atom is 0.490 e. The first kappa shape index (κ1) is 39.5. The molecular formula is C35H38F6N4O5. The van der Waals surface area contributed by atoms with Crippen molar-refractivity contribution in [1.82, 2.24) is 19.8 Å². The number of carbonyl (C=O) groups excluding carboxylic acids is 1. The molecule has 1 amide bonds. The summed E-state index contributed by atoms with van der Waals surface area (Å²) in [5.74, 6) is -5.37. The maximum absolute atomic E-state index is 13.8. The standard InChI is InChI=1S/C31H36N4O.2C2HF3O2/c1-3-4-13-26-21-34(31(36)28-15-8-12-25-11-5-6-14-27(25)28)16-17-35(26)30(29-20-32-22-33-29)19-24-10-7-9-23(2)18-24;2*3-2(4,5)1(6)7/h5-12,14-15,18,20,22,26,30H,3-4,13,16-17,19,21H2,1-2H3,(H,32,33);2*(H,6,7)/t26-,30?;;/m0../s1. The van der Waals surface area contributed by atoms with Gasteiger partial charge in [-0.1, -0.05) is 86.0 Å². The zero-order valence-electron chi connectivity index (χ0n) is 27.3. The Kier molecular flexibility index (Phi) is 14.0. The Morgan fingerprint density at radius 2 is 1.54 bits per heavy atom. The number of carbonyl (C=O) groups is 3. The largest absolute Gasteiger partial charge is 0.490 e. The summed E-state index contributed by atoms with van der Waals surface area (Å²) >= 11 is 0. The van der Waals surface area contributed by atoms with Crippen molar-refractivity contribution in [3.05, 3.63) is 102 Å². The van der Waals surface area contributed by atoms with Crippen LogP contribution >= 0.6 is 0 Å². The van der Waals surface area contributed by atoms with E-state index in [1.165, 1.54) is 11.1 Å². The number of H-pyrrole nitrogens is 1. The van der Waals surface area contributed by atoms with Crippen LogP contribution in [0.2, 0.25) is 0 Å². The number of halogens is 6. The molecule has 1 saturated heterocycles. The molecule has 2 heterocycles. The molecule has 1 aliphatic heterocycles. The van der Waals surface area contributed by atoms with Gasteiger partial charge in [0.25, 0.3) is 5.91 Å². The van der Waals surface area contributed by atoms with Gasteiger partial charge >= 0.3 is 24.3 Å². The number of aromatic nitrogens is 2. The summed E-state index contributed by atoms with van der Waals surface area (Å²) in [6.45, 7) is 6.71. The number of nitrogens with zero attached hydrogens (tertiary/aromatic N) is 3. The first-order valence-electron chi connectivity index (χ1n) is 15.7. The molecule has 3 N–H and O–H groups in total. The molecule has 1 unspecified atom stereocenters. The molecule has 1 aliphatic rings. The lowest BCUT2D eigenvalue weighted by Gasteiger charge is -2.45. The Morgan fingerprint density at radius 3 is 2.12 bits per heavy atom. The average molecular weight is 709 g/mol. The first-order valence-corrected chi connectivity index (χ1v) is 15.7. The average Bonchev–Trinajstić information content (AvgIpc) is 3.60. The highest BCUT2D eigenvalue weighted by Gasteiger charge is 2.39. The molecule has 270 valence electrons. The molecule has 50 heavy (non-hydrogen) atoms. The van der Waals surface area contributed by atoms with Crippen molar-refractivity contribution in [3.63, 3.8) is 0 Å². The summed E-state index contributed by atoms with van der Waals surface area (Å²) < 4.78 is 63.5. The second kappa shape index (κ2) is 17.7. The summed E-state index contributed by atoms with van der Waals surface area (Å²) in [7, 11) is 0. The van der Waals surface area contributed by atoms with Crippen LogP contribution in [-0.4, -0.2) is 85.9 Å². The Labute approximate surface area is 284 Å². The number of alkyl halides is 6. The van der Waals surface area contributed by atoms with Crippen molar-refractivity contribution in [2.75, 3.05) is 19.6 Å². The molecule has 2 atom stereocenters. The fourth-order valence-corrected chi connectivity index (χ4v) is 5.66. The minimum atomic E-state index is -5.08. The second-order valence-electron chi connectivity index (χ2n) is 11.6. The lowest BCUT2D eigenvalue weighted by Crippen LogP contribution is -2.56. The number of carboxylic acids is 2. The fraction of sp³-hybridized carbons (Fsp3) is 0.371. The number of aryl methyl sites for hydroxylation is 1. The van der Waals surface area contributed by atoms with Gasteiger partial charge in [0.2, 0.25) is 0 Å². The van der Waals surface area contributed by atoms with Gasteiger partial charge in [-0.05, 0) is 42.2 Å². The summed E-state index contributed by atoms with van der Waals surface area (Å²) in [5.41, 5.74) is 4.56. The lowest BCUT2D eigenvalue weighted by molar-refractivity contribution is -0.193. The highest BCUT2D eigenvalue weighted by molar-refractivity contribution is 6.07. The SMILES string of the molecule is CCCC[C@H]1CN(C(=O)c2cccc3ccccc23)CCN1C(Cc1cccc(C)c1)c1cnc[nH]1.O=C(O)C(F)(F)F.O=C(O)C(F)(F)F. The highest BCUT2D eigenvalue weighted by Crippen LogP contribution is 2.31. The third-order valence-corrected chi connectivity index (χ3v) is 8.00. The van der Waals surface area contributed by atoms with E-state index in [1.54, 1.807) is 6.33 Å². The van der Waals surface area contributed by atoms with E-state index >= 15 is 0 Å². The number of unbranched alkanes of at least 4 members (excludes halogenated alkanes) is 1. The molecule has 0 bridgehead atoms. The third-order valence-electron chi connectivity index (χ3n) is 8.00. The van der Waals surface area contributed by atoms with Gasteiger partial charge in [-0.3, -0.25) is 9.69 Å². The van der Waals surface area contributed by atoms with Gasteiger partial charge in [-0.2, -0.15) is 26.3 Å². The molecule has 0 aliphatic carbocycles.